The van der Waals surface area contributed by atoms with Crippen LogP contribution in [0, 0.1) is 16.0 Å². The van der Waals surface area contributed by atoms with Crippen LogP contribution in [-0.2, 0) is 9.53 Å². The van der Waals surface area contributed by atoms with E-state index in [1.807, 2.05) is 0 Å². The number of morpholine rings is 1. The van der Waals surface area contributed by atoms with Crippen molar-refractivity contribution in [3.63, 3.8) is 0 Å². The zero-order chi connectivity index (χ0) is 19.3. The zero-order valence-electron chi connectivity index (χ0n) is 14.7. The van der Waals surface area contributed by atoms with E-state index in [0.29, 0.717) is 10.8 Å². The van der Waals surface area contributed by atoms with E-state index in [4.69, 9.17) is 9.84 Å². The molecule has 26 heavy (non-hydrogen) atoms. The van der Waals surface area contributed by atoms with Crippen LogP contribution in [0.15, 0.2) is 23.1 Å². The van der Waals surface area contributed by atoms with Crippen LogP contribution < -0.4 is 0 Å². The maximum Gasteiger partial charge on any atom is 0.334 e. The third kappa shape index (κ3) is 5.18. The molecule has 1 heterocycles. The summed E-state index contributed by atoms with van der Waals surface area (Å²) in [7, 11) is 0. The van der Waals surface area contributed by atoms with E-state index >= 15 is 0 Å². The van der Waals surface area contributed by atoms with Crippen LogP contribution in [0.2, 0.25) is 0 Å². The van der Waals surface area contributed by atoms with E-state index in [1.165, 1.54) is 22.7 Å². The van der Waals surface area contributed by atoms with Crippen molar-refractivity contribution in [1.82, 2.24) is 4.90 Å². The molecule has 1 N–H and O–H groups in total. The second-order valence-corrected chi connectivity index (χ2v) is 7.56. The smallest absolute Gasteiger partial charge is 0.334 e. The van der Waals surface area contributed by atoms with Gasteiger partial charge in [-0.3, -0.25) is 14.9 Å². The minimum Gasteiger partial charge on any atom is -0.479 e. The van der Waals surface area contributed by atoms with Crippen LogP contribution >= 0.6 is 11.8 Å². The summed E-state index contributed by atoms with van der Waals surface area (Å²) in [4.78, 5) is 36.4. The number of hydrogen-bond donors (Lipinski definition) is 1. The number of nitro benzene ring substituents is 1. The Morgan fingerprint density at radius 1 is 1.46 bits per heavy atom. The first kappa shape index (κ1) is 20.2. The lowest BCUT2D eigenvalue weighted by Crippen LogP contribution is -2.48. The highest BCUT2D eigenvalue weighted by Crippen LogP contribution is 2.31. The van der Waals surface area contributed by atoms with Crippen molar-refractivity contribution in [2.45, 2.75) is 31.3 Å². The number of carboxylic acid groups (broad SMARTS) is 1. The number of nitro groups is 1. The molecule has 2 rings (SSSR count). The molecular formula is C17H22N2O6S. The molecule has 1 aromatic rings. The lowest BCUT2D eigenvalue weighted by Gasteiger charge is -2.30. The fourth-order valence-electron chi connectivity index (χ4n) is 2.49. The Balaban J connectivity index is 2.16. The summed E-state index contributed by atoms with van der Waals surface area (Å²) in [6.45, 7) is 4.47. The summed E-state index contributed by atoms with van der Waals surface area (Å²) < 4.78 is 5.10. The number of ether oxygens (including phenoxy) is 1. The molecule has 1 amide bonds. The summed E-state index contributed by atoms with van der Waals surface area (Å²) in [5.41, 5.74) is 0.0728. The fourth-order valence-corrected chi connectivity index (χ4v) is 3.74. The van der Waals surface area contributed by atoms with E-state index < -0.39 is 22.9 Å². The van der Waals surface area contributed by atoms with Gasteiger partial charge in [-0.05, 0) is 30.2 Å². The average Bonchev–Trinajstić information content (AvgIpc) is 2.61. The number of rotatable bonds is 7. The van der Waals surface area contributed by atoms with Gasteiger partial charge in [-0.1, -0.05) is 13.8 Å². The third-order valence-electron chi connectivity index (χ3n) is 3.98. The molecule has 1 saturated heterocycles. The maximum absolute atomic E-state index is 12.6. The van der Waals surface area contributed by atoms with Gasteiger partial charge in [-0.25, -0.2) is 4.79 Å². The molecule has 0 bridgehead atoms. The second kappa shape index (κ2) is 9.00. The number of carboxylic acids is 1. The van der Waals surface area contributed by atoms with Gasteiger partial charge in [-0.15, -0.1) is 11.8 Å². The standard InChI is InChI=1S/C17H22N2O6S/c1-11(2)5-8-26-15-4-3-12(9-13(15)19(23)24)16(20)18-6-7-25-14(10-18)17(21)22/h3-4,9,11,14H,5-8,10H2,1-2H3,(H,21,22). The topological polar surface area (TPSA) is 110 Å². The maximum atomic E-state index is 12.6. The van der Waals surface area contributed by atoms with Crippen LogP contribution in [0.1, 0.15) is 30.6 Å². The Morgan fingerprint density at radius 3 is 2.81 bits per heavy atom. The number of benzene rings is 1. The van der Waals surface area contributed by atoms with Crippen LogP contribution in [0.4, 0.5) is 5.69 Å². The Labute approximate surface area is 155 Å². The van der Waals surface area contributed by atoms with Gasteiger partial charge >= 0.3 is 5.97 Å². The average molecular weight is 382 g/mol. The van der Waals surface area contributed by atoms with Gasteiger partial charge in [0.1, 0.15) is 0 Å². The van der Waals surface area contributed by atoms with Crippen molar-refractivity contribution < 1.29 is 24.4 Å². The minimum atomic E-state index is -1.13. The molecule has 0 aliphatic carbocycles. The minimum absolute atomic E-state index is 0.0765. The van der Waals surface area contributed by atoms with Crippen LogP contribution in [0.25, 0.3) is 0 Å². The molecule has 0 aromatic heterocycles. The monoisotopic (exact) mass is 382 g/mol. The molecule has 1 atom stereocenters. The number of nitrogens with zero attached hydrogens (tertiary/aromatic N) is 2. The van der Waals surface area contributed by atoms with Crippen LogP contribution in [0.5, 0.6) is 0 Å². The van der Waals surface area contributed by atoms with E-state index in [-0.39, 0.29) is 30.9 Å². The summed E-state index contributed by atoms with van der Waals surface area (Å²) in [6, 6.07) is 4.41. The molecule has 1 unspecified atom stereocenters. The van der Waals surface area contributed by atoms with Crippen molar-refractivity contribution in [3.8, 4) is 0 Å². The van der Waals surface area contributed by atoms with E-state index in [2.05, 4.69) is 13.8 Å². The van der Waals surface area contributed by atoms with Crippen molar-refractivity contribution in [1.29, 1.82) is 0 Å². The fraction of sp³-hybridized carbons (Fsp3) is 0.529. The van der Waals surface area contributed by atoms with Gasteiger partial charge in [0.05, 0.1) is 23.0 Å². The largest absolute Gasteiger partial charge is 0.479 e. The molecule has 8 nitrogen and oxygen atoms in total. The highest BCUT2D eigenvalue weighted by molar-refractivity contribution is 7.99. The van der Waals surface area contributed by atoms with Gasteiger partial charge in [-0.2, -0.15) is 0 Å². The first-order chi connectivity index (χ1) is 12.3. The van der Waals surface area contributed by atoms with Gasteiger partial charge in [0, 0.05) is 18.2 Å². The summed E-state index contributed by atoms with van der Waals surface area (Å²) in [5, 5.41) is 20.4. The van der Waals surface area contributed by atoms with Gasteiger partial charge in [0.2, 0.25) is 0 Å². The molecule has 1 aliphatic heterocycles. The van der Waals surface area contributed by atoms with E-state index in [9.17, 15) is 19.7 Å². The molecular weight excluding hydrogens is 360 g/mol. The molecule has 1 fully saturated rings. The number of carbonyl (C=O) groups is 2. The number of amides is 1. The summed E-state index contributed by atoms with van der Waals surface area (Å²) >= 11 is 1.40. The van der Waals surface area contributed by atoms with E-state index in [0.717, 1.165) is 12.2 Å². The number of carbonyl (C=O) groups excluding carboxylic acids is 1. The second-order valence-electron chi connectivity index (χ2n) is 6.42. The summed E-state index contributed by atoms with van der Waals surface area (Å²) in [6.07, 6.45) is -0.138. The molecule has 1 aliphatic rings. The Bertz CT molecular complexity index is 694. The van der Waals surface area contributed by atoms with Crippen molar-refractivity contribution in [3.05, 3.63) is 33.9 Å². The van der Waals surface area contributed by atoms with Crippen LogP contribution in [0.3, 0.4) is 0 Å². The Morgan fingerprint density at radius 2 is 2.19 bits per heavy atom. The predicted molar refractivity (Wildman–Crippen MR) is 96.6 cm³/mol. The molecule has 9 heteroatoms. The Kier molecular flexibility index (Phi) is 6.98. The molecule has 0 saturated carbocycles. The van der Waals surface area contributed by atoms with Gasteiger partial charge < -0.3 is 14.7 Å². The number of thioether (sulfide) groups is 1. The summed E-state index contributed by atoms with van der Waals surface area (Å²) in [5.74, 6) is -0.298. The number of hydrogen-bond acceptors (Lipinski definition) is 6. The molecule has 0 spiro atoms. The highest BCUT2D eigenvalue weighted by Gasteiger charge is 2.30. The van der Waals surface area contributed by atoms with Gasteiger partial charge in [0.25, 0.3) is 11.6 Å². The van der Waals surface area contributed by atoms with Crippen molar-refractivity contribution in [2.24, 2.45) is 5.92 Å². The normalized spacial score (nSPS) is 17.3. The van der Waals surface area contributed by atoms with Crippen LogP contribution in [-0.4, -0.2) is 58.4 Å². The number of aliphatic carboxylic acids is 1. The molecule has 142 valence electrons. The lowest BCUT2D eigenvalue weighted by molar-refractivity contribution is -0.387. The first-order valence-corrected chi connectivity index (χ1v) is 9.33. The lowest BCUT2D eigenvalue weighted by atomic mass is 10.1. The van der Waals surface area contributed by atoms with E-state index in [1.54, 1.807) is 12.1 Å². The SMILES string of the molecule is CC(C)CCSc1ccc(C(=O)N2CCOC(C(=O)O)C2)cc1[N+](=O)[O-]. The highest BCUT2D eigenvalue weighted by atomic mass is 32.2. The zero-order valence-corrected chi connectivity index (χ0v) is 15.5. The molecule has 0 radical (unpaired) electrons. The first-order valence-electron chi connectivity index (χ1n) is 8.34. The third-order valence-corrected chi connectivity index (χ3v) is 5.08. The van der Waals surface area contributed by atoms with Crippen molar-refractivity contribution in [2.75, 3.05) is 25.4 Å². The Hall–Kier alpha value is -2.13. The van der Waals surface area contributed by atoms with Crippen molar-refractivity contribution >= 4 is 29.3 Å². The van der Waals surface area contributed by atoms with Gasteiger partial charge in [0.15, 0.2) is 6.10 Å². The molecule has 1 aromatic carbocycles. The quantitative estimate of drug-likeness (QED) is 0.438. The predicted octanol–water partition coefficient (Wildman–Crippen LogP) is 2.66.